The molecule has 3 heteroatoms. The smallest absolute Gasteiger partial charge is 0.158 e. The predicted molar refractivity (Wildman–Crippen MR) is 58.9 cm³/mol. The summed E-state index contributed by atoms with van der Waals surface area (Å²) in [5.74, 6) is 0.513. The summed E-state index contributed by atoms with van der Waals surface area (Å²) < 4.78 is 5.10. The highest BCUT2D eigenvalue weighted by atomic mass is 16.5. The van der Waals surface area contributed by atoms with Gasteiger partial charge in [0, 0.05) is 5.92 Å². The molecule has 0 aliphatic carbocycles. The van der Waals surface area contributed by atoms with Crippen LogP contribution in [0.5, 0.6) is 5.75 Å². The molecule has 3 nitrogen and oxygen atoms in total. The molecule has 15 heavy (non-hydrogen) atoms. The Morgan fingerprint density at radius 1 is 1.33 bits per heavy atom. The van der Waals surface area contributed by atoms with Crippen LogP contribution in [0.2, 0.25) is 0 Å². The number of aliphatic hydroxyl groups excluding tert-OH is 1. The monoisotopic (exact) mass is 210 g/mol. The van der Waals surface area contributed by atoms with Crippen molar-refractivity contribution in [2.24, 2.45) is 0 Å². The molecule has 0 spiro atoms. The first kappa shape index (κ1) is 12.0. The van der Waals surface area contributed by atoms with Crippen LogP contribution in [0.3, 0.4) is 0 Å². The highest BCUT2D eigenvalue weighted by molar-refractivity contribution is 5.31. The van der Waals surface area contributed by atoms with Crippen LogP contribution in [0.1, 0.15) is 31.2 Å². The molecular weight excluding hydrogens is 192 g/mol. The van der Waals surface area contributed by atoms with Gasteiger partial charge in [0.2, 0.25) is 0 Å². The summed E-state index contributed by atoms with van der Waals surface area (Å²) >= 11 is 0. The van der Waals surface area contributed by atoms with E-state index in [4.69, 9.17) is 4.74 Å². The van der Waals surface area contributed by atoms with Crippen molar-refractivity contribution in [3.05, 3.63) is 29.8 Å². The molecule has 0 saturated heterocycles. The van der Waals surface area contributed by atoms with Gasteiger partial charge in [-0.3, -0.25) is 0 Å². The zero-order valence-corrected chi connectivity index (χ0v) is 9.18. The maximum absolute atomic E-state index is 9.28. The Morgan fingerprint density at radius 2 is 2.07 bits per heavy atom. The Morgan fingerprint density at radius 3 is 2.60 bits per heavy atom. The van der Waals surface area contributed by atoms with Crippen molar-refractivity contribution in [2.75, 3.05) is 7.11 Å². The Kier molecular flexibility index (Phi) is 4.59. The molecule has 0 unspecified atom stereocenters. The first-order chi connectivity index (χ1) is 7.19. The van der Waals surface area contributed by atoms with Gasteiger partial charge in [-0.25, -0.2) is 0 Å². The van der Waals surface area contributed by atoms with Gasteiger partial charge >= 0.3 is 0 Å². The molecule has 0 heterocycles. The number of aliphatic hydroxyl groups is 2. The number of ether oxygens (including phenoxy) is 1. The van der Waals surface area contributed by atoms with E-state index in [2.05, 4.69) is 0 Å². The molecule has 1 aromatic carbocycles. The molecule has 0 saturated carbocycles. The summed E-state index contributed by atoms with van der Waals surface area (Å²) in [6, 6.07) is 7.44. The normalized spacial score (nSPS) is 12.9. The van der Waals surface area contributed by atoms with Gasteiger partial charge in [0.25, 0.3) is 0 Å². The van der Waals surface area contributed by atoms with Crippen molar-refractivity contribution < 1.29 is 14.9 Å². The third-order valence-electron chi connectivity index (χ3n) is 2.48. The molecule has 1 aromatic rings. The van der Waals surface area contributed by atoms with Crippen molar-refractivity contribution in [3.63, 3.8) is 0 Å². The maximum atomic E-state index is 9.28. The second-order valence-electron chi connectivity index (χ2n) is 3.59. The van der Waals surface area contributed by atoms with Gasteiger partial charge < -0.3 is 14.9 Å². The summed E-state index contributed by atoms with van der Waals surface area (Å²) in [6.45, 7) is 2.02. The Labute approximate surface area is 90.3 Å². The molecule has 0 aliphatic rings. The lowest BCUT2D eigenvalue weighted by Crippen LogP contribution is -2.17. The Hall–Kier alpha value is -1.06. The molecule has 0 aliphatic heterocycles. The van der Waals surface area contributed by atoms with Crippen molar-refractivity contribution in [1.82, 2.24) is 0 Å². The lowest BCUT2D eigenvalue weighted by molar-refractivity contribution is -0.0621. The van der Waals surface area contributed by atoms with Gasteiger partial charge in [0.1, 0.15) is 5.75 Å². The van der Waals surface area contributed by atoms with Crippen LogP contribution < -0.4 is 4.74 Å². The van der Waals surface area contributed by atoms with E-state index in [9.17, 15) is 10.2 Å². The van der Waals surface area contributed by atoms with Gasteiger partial charge in [0.05, 0.1) is 7.11 Å². The first-order valence-corrected chi connectivity index (χ1v) is 5.19. The molecule has 84 valence electrons. The molecule has 0 radical (unpaired) electrons. The molecule has 1 rings (SSSR count). The number of hydrogen-bond acceptors (Lipinski definition) is 3. The van der Waals surface area contributed by atoms with E-state index in [0.717, 1.165) is 24.2 Å². The standard InChI is InChI=1S/C12H18O3/c1-3-5-11(12(13)14)9-6-4-7-10(8-9)15-2/h4,6-8,11-14H,3,5H2,1-2H3/t11-/m0/s1. The van der Waals surface area contributed by atoms with E-state index >= 15 is 0 Å². The van der Waals surface area contributed by atoms with Crippen molar-refractivity contribution in [2.45, 2.75) is 32.0 Å². The molecule has 0 aromatic heterocycles. The fourth-order valence-corrected chi connectivity index (χ4v) is 1.67. The van der Waals surface area contributed by atoms with Gasteiger partial charge in [0.15, 0.2) is 6.29 Å². The van der Waals surface area contributed by atoms with Crippen LogP contribution in [-0.2, 0) is 0 Å². The van der Waals surface area contributed by atoms with E-state index in [1.807, 2.05) is 31.2 Å². The van der Waals surface area contributed by atoms with E-state index < -0.39 is 6.29 Å². The molecule has 0 amide bonds. The molecule has 2 N–H and O–H groups in total. The van der Waals surface area contributed by atoms with Gasteiger partial charge in [-0.15, -0.1) is 0 Å². The van der Waals surface area contributed by atoms with E-state index in [0.29, 0.717) is 0 Å². The summed E-state index contributed by atoms with van der Waals surface area (Å²) in [7, 11) is 1.60. The topological polar surface area (TPSA) is 49.7 Å². The van der Waals surface area contributed by atoms with E-state index in [1.54, 1.807) is 7.11 Å². The van der Waals surface area contributed by atoms with Crippen molar-refractivity contribution in [3.8, 4) is 5.75 Å². The molecule has 0 bridgehead atoms. The van der Waals surface area contributed by atoms with Crippen LogP contribution in [0.15, 0.2) is 24.3 Å². The lowest BCUT2D eigenvalue weighted by atomic mass is 9.94. The average Bonchev–Trinajstić information content (AvgIpc) is 2.25. The second kappa shape index (κ2) is 5.73. The second-order valence-corrected chi connectivity index (χ2v) is 3.59. The number of methoxy groups -OCH3 is 1. The van der Waals surface area contributed by atoms with Crippen LogP contribution in [0.4, 0.5) is 0 Å². The zero-order valence-electron chi connectivity index (χ0n) is 9.18. The first-order valence-electron chi connectivity index (χ1n) is 5.19. The predicted octanol–water partition coefficient (Wildman–Crippen LogP) is 1.89. The van der Waals surface area contributed by atoms with Crippen molar-refractivity contribution >= 4 is 0 Å². The third-order valence-corrected chi connectivity index (χ3v) is 2.48. The fourth-order valence-electron chi connectivity index (χ4n) is 1.67. The number of hydrogen-bond donors (Lipinski definition) is 2. The quantitative estimate of drug-likeness (QED) is 0.730. The van der Waals surface area contributed by atoms with E-state index in [1.165, 1.54) is 0 Å². The maximum Gasteiger partial charge on any atom is 0.158 e. The SMILES string of the molecule is CCC[C@@H](c1cccc(OC)c1)C(O)O. The largest absolute Gasteiger partial charge is 0.497 e. The number of rotatable bonds is 5. The van der Waals surface area contributed by atoms with Crippen LogP contribution in [0, 0.1) is 0 Å². The molecule has 0 fully saturated rings. The summed E-state index contributed by atoms with van der Waals surface area (Å²) in [5.41, 5.74) is 0.909. The lowest BCUT2D eigenvalue weighted by Gasteiger charge is -2.19. The summed E-state index contributed by atoms with van der Waals surface area (Å²) in [4.78, 5) is 0. The minimum absolute atomic E-state index is 0.231. The highest BCUT2D eigenvalue weighted by Crippen LogP contribution is 2.26. The molecular formula is C12H18O3. The highest BCUT2D eigenvalue weighted by Gasteiger charge is 2.18. The summed E-state index contributed by atoms with van der Waals surface area (Å²) in [6.07, 6.45) is 0.363. The minimum atomic E-state index is -1.31. The summed E-state index contributed by atoms with van der Waals surface area (Å²) in [5, 5.41) is 18.6. The van der Waals surface area contributed by atoms with Gasteiger partial charge in [-0.05, 0) is 24.1 Å². The fraction of sp³-hybridized carbons (Fsp3) is 0.500. The van der Waals surface area contributed by atoms with Gasteiger partial charge in [-0.1, -0.05) is 25.5 Å². The van der Waals surface area contributed by atoms with Crippen LogP contribution in [0.25, 0.3) is 0 Å². The Bertz CT molecular complexity index is 297. The van der Waals surface area contributed by atoms with Crippen LogP contribution in [-0.4, -0.2) is 23.6 Å². The van der Waals surface area contributed by atoms with Crippen LogP contribution >= 0.6 is 0 Å². The van der Waals surface area contributed by atoms with Crippen molar-refractivity contribution in [1.29, 1.82) is 0 Å². The number of benzene rings is 1. The zero-order chi connectivity index (χ0) is 11.3. The third kappa shape index (κ3) is 3.22. The average molecular weight is 210 g/mol. The van der Waals surface area contributed by atoms with E-state index in [-0.39, 0.29) is 5.92 Å². The minimum Gasteiger partial charge on any atom is -0.497 e. The molecule has 1 atom stereocenters. The Balaban J connectivity index is 2.89. The van der Waals surface area contributed by atoms with Gasteiger partial charge in [-0.2, -0.15) is 0 Å².